The highest BCUT2D eigenvalue weighted by Crippen LogP contribution is 2.31. The van der Waals surface area contributed by atoms with E-state index in [9.17, 15) is 18.0 Å². The first kappa shape index (κ1) is 31.2. The predicted octanol–water partition coefficient (Wildman–Crippen LogP) is 8.06. The minimum atomic E-state index is -4.47. The van der Waals surface area contributed by atoms with Crippen molar-refractivity contribution in [1.82, 2.24) is 4.98 Å². The highest BCUT2D eigenvalue weighted by Gasteiger charge is 2.30. The van der Waals surface area contributed by atoms with E-state index in [1.807, 2.05) is 55.5 Å². The van der Waals surface area contributed by atoms with Crippen LogP contribution in [0.3, 0.4) is 0 Å². The molecular formula is C33H32F3NO6. The van der Waals surface area contributed by atoms with Gasteiger partial charge in [0.05, 0.1) is 19.3 Å². The number of esters is 1. The van der Waals surface area contributed by atoms with Crippen molar-refractivity contribution in [2.24, 2.45) is 0 Å². The second-order valence-corrected chi connectivity index (χ2v) is 9.44. The highest BCUT2D eigenvalue weighted by atomic mass is 19.4. The molecule has 1 atom stereocenters. The number of carbonyl (C=O) groups is 1. The van der Waals surface area contributed by atoms with E-state index in [2.05, 4.69) is 4.98 Å². The molecule has 0 N–H and O–H groups in total. The summed E-state index contributed by atoms with van der Waals surface area (Å²) in [6, 6.07) is 19.2. The van der Waals surface area contributed by atoms with Gasteiger partial charge < -0.3 is 23.4 Å². The zero-order valence-electron chi connectivity index (χ0n) is 24.0. The summed E-state index contributed by atoms with van der Waals surface area (Å²) in [6.07, 6.45) is -1.15. The minimum absolute atomic E-state index is 0.136. The third kappa shape index (κ3) is 8.64. The number of oxazole rings is 1. The van der Waals surface area contributed by atoms with Gasteiger partial charge in [-0.15, -0.1) is 0 Å². The van der Waals surface area contributed by atoms with Gasteiger partial charge in [0.1, 0.15) is 35.3 Å². The van der Waals surface area contributed by atoms with Gasteiger partial charge in [0, 0.05) is 11.1 Å². The molecule has 0 aliphatic heterocycles. The Kier molecular flexibility index (Phi) is 10.5. The second kappa shape index (κ2) is 14.4. The van der Waals surface area contributed by atoms with E-state index >= 15 is 0 Å². The molecule has 1 aromatic heterocycles. The van der Waals surface area contributed by atoms with Crippen LogP contribution in [0.4, 0.5) is 13.2 Å². The van der Waals surface area contributed by atoms with Gasteiger partial charge in [0.2, 0.25) is 5.89 Å². The number of carbonyl (C=O) groups excluding carboxylic acids is 1. The molecule has 0 fully saturated rings. The number of aryl methyl sites for hydroxylation is 1. The quantitative estimate of drug-likeness (QED) is 0.145. The molecule has 226 valence electrons. The Morgan fingerprint density at radius 1 is 1.02 bits per heavy atom. The summed E-state index contributed by atoms with van der Waals surface area (Å²) in [5.74, 6) is 1.93. The van der Waals surface area contributed by atoms with Crippen LogP contribution in [0.1, 0.15) is 42.3 Å². The van der Waals surface area contributed by atoms with Gasteiger partial charge in [-0.2, -0.15) is 13.2 Å². The Morgan fingerprint density at radius 3 is 2.42 bits per heavy atom. The highest BCUT2D eigenvalue weighted by molar-refractivity contribution is 5.75. The fourth-order valence-corrected chi connectivity index (χ4v) is 4.13. The number of hydrogen-bond donors (Lipinski definition) is 0. The molecule has 0 spiro atoms. The molecule has 0 amide bonds. The van der Waals surface area contributed by atoms with E-state index in [0.29, 0.717) is 35.3 Å². The molecule has 0 aliphatic rings. The van der Waals surface area contributed by atoms with Crippen molar-refractivity contribution in [2.75, 3.05) is 13.7 Å². The lowest BCUT2D eigenvalue weighted by molar-refractivity contribution is -0.151. The fourth-order valence-electron chi connectivity index (χ4n) is 4.13. The van der Waals surface area contributed by atoms with Gasteiger partial charge in [-0.1, -0.05) is 30.4 Å². The number of allylic oxidation sites excluding steroid dienone is 1. The Hall–Kier alpha value is -4.73. The normalized spacial score (nSPS) is 12.2. The van der Waals surface area contributed by atoms with E-state index in [0.717, 1.165) is 23.3 Å². The van der Waals surface area contributed by atoms with Gasteiger partial charge in [-0.05, 0) is 81.3 Å². The van der Waals surface area contributed by atoms with Crippen LogP contribution in [0.15, 0.2) is 83.3 Å². The van der Waals surface area contributed by atoms with E-state index in [-0.39, 0.29) is 25.4 Å². The van der Waals surface area contributed by atoms with Gasteiger partial charge in [-0.3, -0.25) is 0 Å². The summed E-state index contributed by atoms with van der Waals surface area (Å²) < 4.78 is 66.8. The Bertz CT molecular complexity index is 1510. The van der Waals surface area contributed by atoms with Crippen LogP contribution in [0, 0.1) is 6.92 Å². The van der Waals surface area contributed by atoms with Crippen molar-refractivity contribution >= 4 is 12.0 Å². The SMILES string of the molecule is CCOC(=O)C(CC/C=C/c1cc(OC)ccc1OCc1nc(-c2ccccc2)oc1C)Oc1ccc(C(F)(F)F)cc1. The molecule has 43 heavy (non-hydrogen) atoms. The van der Waals surface area contributed by atoms with Crippen LogP contribution >= 0.6 is 0 Å². The summed E-state index contributed by atoms with van der Waals surface area (Å²) in [5.41, 5.74) is 1.47. The third-order valence-corrected chi connectivity index (χ3v) is 6.40. The molecule has 7 nitrogen and oxygen atoms in total. The van der Waals surface area contributed by atoms with E-state index in [1.165, 1.54) is 12.1 Å². The maximum absolute atomic E-state index is 12.9. The topological polar surface area (TPSA) is 80.0 Å². The Balaban J connectivity index is 1.43. The maximum Gasteiger partial charge on any atom is 0.416 e. The molecule has 10 heteroatoms. The molecule has 4 rings (SSSR count). The lowest BCUT2D eigenvalue weighted by atomic mass is 10.1. The summed E-state index contributed by atoms with van der Waals surface area (Å²) >= 11 is 0. The van der Waals surface area contributed by atoms with E-state index in [1.54, 1.807) is 26.2 Å². The largest absolute Gasteiger partial charge is 0.497 e. The average molecular weight is 596 g/mol. The summed E-state index contributed by atoms with van der Waals surface area (Å²) in [6.45, 7) is 3.82. The number of ether oxygens (including phenoxy) is 4. The zero-order chi connectivity index (χ0) is 30.8. The van der Waals surface area contributed by atoms with Crippen LogP contribution in [0.2, 0.25) is 0 Å². The molecule has 0 saturated heterocycles. The number of aromatic nitrogens is 1. The molecule has 0 radical (unpaired) electrons. The first-order valence-electron chi connectivity index (χ1n) is 13.7. The summed E-state index contributed by atoms with van der Waals surface area (Å²) in [4.78, 5) is 17.1. The number of halogens is 3. The maximum atomic E-state index is 12.9. The van der Waals surface area contributed by atoms with Crippen LogP contribution in [0.5, 0.6) is 17.2 Å². The van der Waals surface area contributed by atoms with Crippen molar-refractivity contribution in [3.63, 3.8) is 0 Å². The molecule has 1 heterocycles. The van der Waals surface area contributed by atoms with Gasteiger partial charge in [0.15, 0.2) is 6.10 Å². The smallest absolute Gasteiger partial charge is 0.416 e. The molecule has 0 bridgehead atoms. The van der Waals surface area contributed by atoms with Crippen molar-refractivity contribution < 1.29 is 41.3 Å². The third-order valence-electron chi connectivity index (χ3n) is 6.40. The van der Waals surface area contributed by atoms with Gasteiger partial charge in [-0.25, -0.2) is 9.78 Å². The average Bonchev–Trinajstić information content (AvgIpc) is 3.38. The number of benzene rings is 3. The van der Waals surface area contributed by atoms with Crippen LogP contribution in [0.25, 0.3) is 17.5 Å². The number of nitrogens with zero attached hydrogens (tertiary/aromatic N) is 1. The van der Waals surface area contributed by atoms with Crippen LogP contribution in [-0.2, 0) is 22.3 Å². The predicted molar refractivity (Wildman–Crippen MR) is 155 cm³/mol. The Labute approximate surface area is 247 Å². The monoisotopic (exact) mass is 595 g/mol. The van der Waals surface area contributed by atoms with Crippen LogP contribution < -0.4 is 14.2 Å². The van der Waals surface area contributed by atoms with Gasteiger partial charge >= 0.3 is 12.1 Å². The van der Waals surface area contributed by atoms with Crippen molar-refractivity contribution in [2.45, 2.75) is 45.6 Å². The first-order valence-corrected chi connectivity index (χ1v) is 13.7. The molecule has 0 saturated carbocycles. The first-order chi connectivity index (χ1) is 20.7. The molecule has 0 aliphatic carbocycles. The van der Waals surface area contributed by atoms with Crippen molar-refractivity contribution in [3.05, 3.63) is 101 Å². The fraction of sp³-hybridized carbons (Fsp3) is 0.273. The summed E-state index contributed by atoms with van der Waals surface area (Å²) in [7, 11) is 1.57. The van der Waals surface area contributed by atoms with Crippen molar-refractivity contribution in [3.8, 4) is 28.7 Å². The molecular weight excluding hydrogens is 563 g/mol. The zero-order valence-corrected chi connectivity index (χ0v) is 24.0. The molecule has 1 unspecified atom stereocenters. The van der Waals surface area contributed by atoms with E-state index in [4.69, 9.17) is 23.4 Å². The minimum Gasteiger partial charge on any atom is -0.497 e. The second-order valence-electron chi connectivity index (χ2n) is 9.44. The number of hydrogen-bond acceptors (Lipinski definition) is 7. The van der Waals surface area contributed by atoms with E-state index < -0.39 is 23.8 Å². The van der Waals surface area contributed by atoms with Crippen LogP contribution in [-0.4, -0.2) is 30.8 Å². The lowest BCUT2D eigenvalue weighted by Crippen LogP contribution is -2.29. The standard InChI is InChI=1S/C33H32F3NO6/c1-4-40-32(38)30(43-26-16-14-25(15-17-26)33(34,35)36)13-9-8-12-24-20-27(39-3)18-19-29(24)41-21-28-22(2)42-31(37-28)23-10-6-5-7-11-23/h5-8,10-12,14-20,30H,4,9,13,21H2,1-3H3/b12-8+. The van der Waals surface area contributed by atoms with Crippen molar-refractivity contribution in [1.29, 1.82) is 0 Å². The summed E-state index contributed by atoms with van der Waals surface area (Å²) in [5, 5.41) is 0. The van der Waals surface area contributed by atoms with Gasteiger partial charge in [0.25, 0.3) is 0 Å². The number of rotatable bonds is 13. The number of alkyl halides is 3. The Morgan fingerprint density at radius 2 is 1.74 bits per heavy atom. The lowest BCUT2D eigenvalue weighted by Gasteiger charge is -2.17. The molecule has 3 aromatic carbocycles. The number of methoxy groups -OCH3 is 1. The molecule has 4 aromatic rings.